The van der Waals surface area contributed by atoms with E-state index < -0.39 is 17.9 Å². The Kier molecular flexibility index (Phi) is 3.79. The number of pyridine rings is 1. The zero-order valence-electron chi connectivity index (χ0n) is 8.27. The molecule has 0 radical (unpaired) electrons. The van der Waals surface area contributed by atoms with Crippen LogP contribution in [0, 0.1) is 0 Å². The van der Waals surface area contributed by atoms with Gasteiger partial charge in [0.25, 0.3) is 0 Å². The predicted octanol–water partition coefficient (Wildman–Crippen LogP) is -1.12. The minimum atomic E-state index is -1.30. The van der Waals surface area contributed by atoms with Gasteiger partial charge in [0.1, 0.15) is 0 Å². The molecule has 80 valence electrons. The number of carbonyl (C=O) groups excluding carboxylic acids is 2. The van der Waals surface area contributed by atoms with Crippen LogP contribution in [0.3, 0.4) is 0 Å². The van der Waals surface area contributed by atoms with Crippen LogP contribution in [0.2, 0.25) is 0 Å². The highest BCUT2D eigenvalue weighted by atomic mass is 16.4. The minimum Gasteiger partial charge on any atom is -0.548 e. The fraction of sp³-hybridized carbons (Fsp3) is 0.300. The Morgan fingerprint density at radius 3 is 2.80 bits per heavy atom. The van der Waals surface area contributed by atoms with Crippen LogP contribution < -0.4 is 10.4 Å². The number of aromatic nitrogens is 1. The van der Waals surface area contributed by atoms with E-state index >= 15 is 0 Å². The summed E-state index contributed by atoms with van der Waals surface area (Å²) in [6.45, 7) is 1.26. The standard InChI is InChI=1S/C10H12N2O3/c1-7(13)12-9(10(14)15)5-8-3-2-4-11-6-8/h2-4,6,9H,5H2,1H3,(H,12,13)(H,14,15)/p-1. The van der Waals surface area contributed by atoms with Crippen molar-refractivity contribution >= 4 is 11.9 Å². The maximum atomic E-state index is 10.7. The lowest BCUT2D eigenvalue weighted by Crippen LogP contribution is -2.48. The number of rotatable bonds is 4. The lowest BCUT2D eigenvalue weighted by atomic mass is 10.1. The summed E-state index contributed by atoms with van der Waals surface area (Å²) in [5, 5.41) is 13.0. The topological polar surface area (TPSA) is 82.1 Å². The normalized spacial score (nSPS) is 11.8. The Morgan fingerprint density at radius 2 is 2.33 bits per heavy atom. The maximum absolute atomic E-state index is 10.7. The highest BCUT2D eigenvalue weighted by Crippen LogP contribution is 2.00. The van der Waals surface area contributed by atoms with Gasteiger partial charge in [-0.3, -0.25) is 9.78 Å². The zero-order chi connectivity index (χ0) is 11.3. The van der Waals surface area contributed by atoms with Crippen molar-refractivity contribution in [1.82, 2.24) is 10.3 Å². The van der Waals surface area contributed by atoms with Crippen LogP contribution in [0.25, 0.3) is 0 Å². The van der Waals surface area contributed by atoms with E-state index in [0.29, 0.717) is 0 Å². The lowest BCUT2D eigenvalue weighted by Gasteiger charge is -2.18. The molecule has 0 fully saturated rings. The number of amides is 1. The van der Waals surface area contributed by atoms with Crippen molar-refractivity contribution in [3.63, 3.8) is 0 Å². The average Bonchev–Trinajstić information content (AvgIpc) is 2.17. The van der Waals surface area contributed by atoms with Crippen molar-refractivity contribution in [2.45, 2.75) is 19.4 Å². The van der Waals surface area contributed by atoms with Crippen molar-refractivity contribution in [1.29, 1.82) is 0 Å². The first-order valence-corrected chi connectivity index (χ1v) is 4.46. The van der Waals surface area contributed by atoms with E-state index in [9.17, 15) is 14.7 Å². The van der Waals surface area contributed by atoms with E-state index in [1.165, 1.54) is 6.92 Å². The van der Waals surface area contributed by atoms with Gasteiger partial charge in [-0.1, -0.05) is 6.07 Å². The fourth-order valence-corrected chi connectivity index (χ4v) is 1.19. The van der Waals surface area contributed by atoms with Crippen LogP contribution in [-0.4, -0.2) is 22.9 Å². The van der Waals surface area contributed by atoms with E-state index in [-0.39, 0.29) is 6.42 Å². The highest BCUT2D eigenvalue weighted by Gasteiger charge is 2.11. The van der Waals surface area contributed by atoms with Gasteiger partial charge in [-0.15, -0.1) is 0 Å². The van der Waals surface area contributed by atoms with Crippen molar-refractivity contribution < 1.29 is 14.7 Å². The molecule has 0 bridgehead atoms. The number of aliphatic carboxylic acids is 1. The molecule has 0 spiro atoms. The predicted molar refractivity (Wildman–Crippen MR) is 50.6 cm³/mol. The quantitative estimate of drug-likeness (QED) is 0.678. The largest absolute Gasteiger partial charge is 0.548 e. The minimum absolute atomic E-state index is 0.176. The van der Waals surface area contributed by atoms with Crippen LogP contribution >= 0.6 is 0 Å². The molecule has 5 nitrogen and oxygen atoms in total. The third-order valence-corrected chi connectivity index (χ3v) is 1.82. The molecule has 1 rings (SSSR count). The van der Waals surface area contributed by atoms with Crippen LogP contribution in [0.5, 0.6) is 0 Å². The molecule has 5 heteroatoms. The Labute approximate surface area is 87.1 Å². The summed E-state index contributed by atoms with van der Waals surface area (Å²) in [5.41, 5.74) is 0.737. The Bertz CT molecular complexity index is 351. The molecule has 0 aromatic carbocycles. The number of hydrogen-bond acceptors (Lipinski definition) is 4. The van der Waals surface area contributed by atoms with Crippen LogP contribution in [0.15, 0.2) is 24.5 Å². The molecule has 0 aliphatic rings. The molecule has 0 aliphatic carbocycles. The van der Waals surface area contributed by atoms with E-state index in [1.807, 2.05) is 0 Å². The first kappa shape index (κ1) is 11.2. The molecular formula is C10H11N2O3-. The summed E-state index contributed by atoms with van der Waals surface area (Å²) in [7, 11) is 0. The second kappa shape index (κ2) is 5.09. The molecule has 1 heterocycles. The van der Waals surface area contributed by atoms with Gasteiger partial charge in [0.05, 0.1) is 12.0 Å². The van der Waals surface area contributed by atoms with Crippen molar-refractivity contribution in [2.24, 2.45) is 0 Å². The summed E-state index contributed by atoms with van der Waals surface area (Å²) < 4.78 is 0. The van der Waals surface area contributed by atoms with Gasteiger partial charge in [-0.05, 0) is 18.1 Å². The molecule has 0 saturated carbocycles. The van der Waals surface area contributed by atoms with Gasteiger partial charge < -0.3 is 15.2 Å². The monoisotopic (exact) mass is 207 g/mol. The Morgan fingerprint density at radius 1 is 1.60 bits per heavy atom. The zero-order valence-corrected chi connectivity index (χ0v) is 8.27. The molecular weight excluding hydrogens is 196 g/mol. The van der Waals surface area contributed by atoms with Crippen molar-refractivity contribution in [3.8, 4) is 0 Å². The average molecular weight is 207 g/mol. The fourth-order valence-electron chi connectivity index (χ4n) is 1.19. The number of carbonyl (C=O) groups is 2. The molecule has 1 amide bonds. The summed E-state index contributed by atoms with van der Waals surface area (Å²) in [4.78, 5) is 25.3. The van der Waals surface area contributed by atoms with Gasteiger partial charge in [0.2, 0.25) is 5.91 Å². The van der Waals surface area contributed by atoms with Gasteiger partial charge in [-0.2, -0.15) is 0 Å². The summed E-state index contributed by atoms with van der Waals surface area (Å²) in [5.74, 6) is -1.69. The van der Waals surface area contributed by atoms with Gasteiger partial charge in [0.15, 0.2) is 0 Å². The molecule has 1 N–H and O–H groups in total. The van der Waals surface area contributed by atoms with E-state index in [2.05, 4.69) is 10.3 Å². The SMILES string of the molecule is CC(=O)NC(Cc1cccnc1)C(=O)[O-]. The van der Waals surface area contributed by atoms with Gasteiger partial charge >= 0.3 is 0 Å². The Hall–Kier alpha value is -1.91. The Balaban J connectivity index is 2.67. The summed E-state index contributed by atoms with van der Waals surface area (Å²) in [6, 6.07) is 2.44. The second-order valence-electron chi connectivity index (χ2n) is 3.14. The van der Waals surface area contributed by atoms with Crippen LogP contribution in [-0.2, 0) is 16.0 Å². The number of carboxylic acid groups (broad SMARTS) is 1. The molecule has 0 aliphatic heterocycles. The summed E-state index contributed by atoms with van der Waals surface area (Å²) in [6.07, 6.45) is 3.32. The van der Waals surface area contributed by atoms with Crippen LogP contribution in [0.4, 0.5) is 0 Å². The first-order valence-electron chi connectivity index (χ1n) is 4.46. The smallest absolute Gasteiger partial charge is 0.217 e. The lowest BCUT2D eigenvalue weighted by molar-refractivity contribution is -0.308. The van der Waals surface area contributed by atoms with E-state index in [4.69, 9.17) is 0 Å². The van der Waals surface area contributed by atoms with E-state index in [0.717, 1.165) is 5.56 Å². The number of nitrogens with one attached hydrogen (secondary N) is 1. The number of nitrogens with zero attached hydrogens (tertiary/aromatic N) is 1. The highest BCUT2D eigenvalue weighted by molar-refractivity contribution is 5.81. The molecule has 1 aromatic rings. The maximum Gasteiger partial charge on any atom is 0.217 e. The summed E-state index contributed by atoms with van der Waals surface area (Å²) >= 11 is 0. The third kappa shape index (κ3) is 3.76. The molecule has 1 atom stereocenters. The molecule has 1 unspecified atom stereocenters. The van der Waals surface area contributed by atoms with Crippen molar-refractivity contribution in [3.05, 3.63) is 30.1 Å². The van der Waals surface area contributed by atoms with Gasteiger partial charge in [-0.25, -0.2) is 0 Å². The van der Waals surface area contributed by atoms with Gasteiger partial charge in [0, 0.05) is 19.3 Å². The molecule has 0 saturated heterocycles. The van der Waals surface area contributed by atoms with Crippen molar-refractivity contribution in [2.75, 3.05) is 0 Å². The molecule has 15 heavy (non-hydrogen) atoms. The van der Waals surface area contributed by atoms with Crippen LogP contribution in [0.1, 0.15) is 12.5 Å². The molecule has 1 aromatic heterocycles. The first-order chi connectivity index (χ1) is 7.09. The number of carboxylic acids is 1. The number of hydrogen-bond donors (Lipinski definition) is 1. The second-order valence-corrected chi connectivity index (χ2v) is 3.14. The van der Waals surface area contributed by atoms with E-state index in [1.54, 1.807) is 24.5 Å². The third-order valence-electron chi connectivity index (χ3n) is 1.82.